The van der Waals surface area contributed by atoms with Gasteiger partial charge in [0.15, 0.2) is 10.2 Å². The third-order valence-electron chi connectivity index (χ3n) is 2.85. The van der Waals surface area contributed by atoms with E-state index in [4.69, 9.17) is 12.2 Å². The zero-order valence-electron chi connectivity index (χ0n) is 13.4. The number of hydrazine groups is 1. The number of rotatable bonds is 6. The largest absolute Gasteiger partial charge is 0.331 e. The average molecular weight is 396 g/mol. The molecule has 10 heteroatoms. The van der Waals surface area contributed by atoms with Crippen LogP contribution in [0.2, 0.25) is 0 Å². The zero-order chi connectivity index (χ0) is 18.1. The van der Waals surface area contributed by atoms with Gasteiger partial charge in [-0.1, -0.05) is 18.2 Å². The summed E-state index contributed by atoms with van der Waals surface area (Å²) < 4.78 is 0. The number of thioether (sulfide) groups is 1. The molecule has 1 heterocycles. The highest BCUT2D eigenvalue weighted by Crippen LogP contribution is 2.12. The van der Waals surface area contributed by atoms with E-state index in [2.05, 4.69) is 26.5 Å². The SMILES string of the molecule is Cc1ccccc1NC(=S)NNC(=O)CSCC(=O)Nc1nccs1. The Morgan fingerprint density at radius 3 is 2.64 bits per heavy atom. The lowest BCUT2D eigenvalue weighted by atomic mass is 10.2. The predicted molar refractivity (Wildman–Crippen MR) is 107 cm³/mol. The predicted octanol–water partition coefficient (Wildman–Crippen LogP) is 2.14. The van der Waals surface area contributed by atoms with Gasteiger partial charge in [-0.25, -0.2) is 4.98 Å². The lowest BCUT2D eigenvalue weighted by Crippen LogP contribution is -2.44. The van der Waals surface area contributed by atoms with Gasteiger partial charge in [0.05, 0.1) is 11.5 Å². The van der Waals surface area contributed by atoms with Gasteiger partial charge in [0.2, 0.25) is 11.8 Å². The maximum Gasteiger partial charge on any atom is 0.248 e. The molecule has 2 amide bonds. The van der Waals surface area contributed by atoms with Crippen molar-refractivity contribution in [2.45, 2.75) is 6.92 Å². The Balaban J connectivity index is 1.61. The first kappa shape index (κ1) is 19.2. The van der Waals surface area contributed by atoms with Gasteiger partial charge in [0, 0.05) is 17.3 Å². The van der Waals surface area contributed by atoms with E-state index in [0.29, 0.717) is 5.13 Å². The summed E-state index contributed by atoms with van der Waals surface area (Å²) in [6.07, 6.45) is 1.61. The minimum atomic E-state index is -0.277. The number of carbonyl (C=O) groups excluding carboxylic acids is 2. The fraction of sp³-hybridized carbons (Fsp3) is 0.200. The number of nitrogens with one attached hydrogen (secondary N) is 4. The van der Waals surface area contributed by atoms with E-state index in [1.54, 1.807) is 11.6 Å². The number of thiocarbonyl (C=S) groups is 1. The maximum absolute atomic E-state index is 11.7. The summed E-state index contributed by atoms with van der Waals surface area (Å²) in [6, 6.07) is 7.67. The summed E-state index contributed by atoms with van der Waals surface area (Å²) in [5.74, 6) is -0.178. The second kappa shape index (κ2) is 9.97. The number of thiazole rings is 1. The first-order valence-electron chi connectivity index (χ1n) is 7.23. The molecule has 4 N–H and O–H groups in total. The molecule has 2 aromatic rings. The Kier molecular flexibility index (Phi) is 7.64. The average Bonchev–Trinajstić information content (AvgIpc) is 3.08. The van der Waals surface area contributed by atoms with Crippen molar-refractivity contribution in [2.75, 3.05) is 22.1 Å². The molecule has 2 rings (SSSR count). The molecule has 7 nitrogen and oxygen atoms in total. The zero-order valence-corrected chi connectivity index (χ0v) is 15.8. The van der Waals surface area contributed by atoms with Crippen LogP contribution in [0.5, 0.6) is 0 Å². The number of hydrogen-bond donors (Lipinski definition) is 4. The van der Waals surface area contributed by atoms with Crippen LogP contribution in [0.3, 0.4) is 0 Å². The number of para-hydroxylation sites is 1. The molecule has 0 spiro atoms. The van der Waals surface area contributed by atoms with Crippen molar-refractivity contribution in [1.82, 2.24) is 15.8 Å². The van der Waals surface area contributed by atoms with Gasteiger partial charge in [-0.3, -0.25) is 20.4 Å². The first-order valence-corrected chi connectivity index (χ1v) is 9.67. The molecule has 25 heavy (non-hydrogen) atoms. The Labute approximate surface area is 159 Å². The van der Waals surface area contributed by atoms with Gasteiger partial charge in [-0.2, -0.15) is 0 Å². The molecule has 1 aromatic carbocycles. The number of nitrogens with zero attached hydrogens (tertiary/aromatic N) is 1. The summed E-state index contributed by atoms with van der Waals surface area (Å²) >= 11 is 7.66. The number of carbonyl (C=O) groups is 2. The summed E-state index contributed by atoms with van der Waals surface area (Å²) in [5, 5.41) is 8.25. The molecular formula is C15H17N5O2S3. The highest BCUT2D eigenvalue weighted by atomic mass is 32.2. The number of amides is 2. The molecule has 0 aliphatic heterocycles. The second-order valence-electron chi connectivity index (χ2n) is 4.82. The third kappa shape index (κ3) is 7.08. The molecule has 0 saturated heterocycles. The van der Waals surface area contributed by atoms with E-state index in [-0.39, 0.29) is 28.4 Å². The number of aromatic nitrogens is 1. The number of anilines is 2. The third-order valence-corrected chi connectivity index (χ3v) is 4.68. The highest BCUT2D eigenvalue weighted by molar-refractivity contribution is 8.00. The van der Waals surface area contributed by atoms with Gasteiger partial charge in [0.1, 0.15) is 0 Å². The molecule has 0 aliphatic carbocycles. The van der Waals surface area contributed by atoms with Crippen molar-refractivity contribution in [1.29, 1.82) is 0 Å². The molecule has 1 aromatic heterocycles. The summed E-state index contributed by atoms with van der Waals surface area (Å²) in [4.78, 5) is 27.3. The van der Waals surface area contributed by atoms with Crippen LogP contribution in [-0.4, -0.2) is 33.4 Å². The van der Waals surface area contributed by atoms with Crippen LogP contribution >= 0.6 is 35.3 Å². The summed E-state index contributed by atoms with van der Waals surface area (Å²) in [6.45, 7) is 1.96. The smallest absolute Gasteiger partial charge is 0.248 e. The summed E-state index contributed by atoms with van der Waals surface area (Å²) in [7, 11) is 0. The Bertz CT molecular complexity index is 737. The number of aryl methyl sites for hydroxylation is 1. The standard InChI is InChI=1S/C15H17N5O2S3/c1-10-4-2-3-5-11(10)17-14(23)20-19-13(22)9-24-8-12(21)18-15-16-6-7-25-15/h2-7H,8-9H2,1H3,(H,19,22)(H,16,18,21)(H2,17,20,23). The Morgan fingerprint density at radius 1 is 1.16 bits per heavy atom. The molecule has 0 fully saturated rings. The lowest BCUT2D eigenvalue weighted by Gasteiger charge is -2.13. The van der Waals surface area contributed by atoms with E-state index in [1.165, 1.54) is 23.1 Å². The maximum atomic E-state index is 11.7. The van der Waals surface area contributed by atoms with Crippen molar-refractivity contribution >= 4 is 63.1 Å². The lowest BCUT2D eigenvalue weighted by molar-refractivity contribution is -0.119. The van der Waals surface area contributed by atoms with Crippen molar-refractivity contribution in [3.05, 3.63) is 41.4 Å². The molecule has 0 unspecified atom stereocenters. The van der Waals surface area contributed by atoms with Crippen LogP contribution in [-0.2, 0) is 9.59 Å². The van der Waals surface area contributed by atoms with Crippen LogP contribution in [0.1, 0.15) is 5.56 Å². The normalized spacial score (nSPS) is 9.96. The Hall–Kier alpha value is -2.17. The van der Waals surface area contributed by atoms with E-state index in [0.717, 1.165) is 11.3 Å². The number of hydrogen-bond acceptors (Lipinski definition) is 6. The van der Waals surface area contributed by atoms with E-state index in [9.17, 15) is 9.59 Å². The quantitative estimate of drug-likeness (QED) is 0.440. The fourth-order valence-electron chi connectivity index (χ4n) is 1.71. The fourth-order valence-corrected chi connectivity index (χ4v) is 3.03. The van der Waals surface area contributed by atoms with Crippen LogP contribution < -0.4 is 21.5 Å². The Morgan fingerprint density at radius 2 is 1.92 bits per heavy atom. The molecule has 0 bridgehead atoms. The first-order chi connectivity index (χ1) is 12.0. The minimum absolute atomic E-state index is 0.130. The topological polar surface area (TPSA) is 95.1 Å². The van der Waals surface area contributed by atoms with Crippen molar-refractivity contribution < 1.29 is 9.59 Å². The van der Waals surface area contributed by atoms with Gasteiger partial charge in [0.25, 0.3) is 0 Å². The minimum Gasteiger partial charge on any atom is -0.331 e. The van der Waals surface area contributed by atoms with Crippen LogP contribution in [0.4, 0.5) is 10.8 Å². The van der Waals surface area contributed by atoms with E-state index in [1.807, 2.05) is 31.2 Å². The molecule has 132 valence electrons. The molecule has 0 saturated carbocycles. The van der Waals surface area contributed by atoms with Crippen LogP contribution in [0, 0.1) is 6.92 Å². The van der Waals surface area contributed by atoms with E-state index >= 15 is 0 Å². The number of benzene rings is 1. The van der Waals surface area contributed by atoms with Crippen molar-refractivity contribution in [2.24, 2.45) is 0 Å². The van der Waals surface area contributed by atoms with E-state index < -0.39 is 0 Å². The van der Waals surface area contributed by atoms with Gasteiger partial charge in [-0.15, -0.1) is 23.1 Å². The van der Waals surface area contributed by atoms with Gasteiger partial charge in [-0.05, 0) is 30.8 Å². The van der Waals surface area contributed by atoms with Crippen LogP contribution in [0.25, 0.3) is 0 Å². The summed E-state index contributed by atoms with van der Waals surface area (Å²) in [5.41, 5.74) is 7.02. The van der Waals surface area contributed by atoms with Crippen molar-refractivity contribution in [3.8, 4) is 0 Å². The van der Waals surface area contributed by atoms with Gasteiger partial charge >= 0.3 is 0 Å². The molecule has 0 aliphatic rings. The van der Waals surface area contributed by atoms with Gasteiger partial charge < -0.3 is 10.6 Å². The highest BCUT2D eigenvalue weighted by Gasteiger charge is 2.07. The second-order valence-corrected chi connectivity index (χ2v) is 7.11. The molecular weight excluding hydrogens is 378 g/mol. The monoisotopic (exact) mass is 395 g/mol. The van der Waals surface area contributed by atoms with Crippen molar-refractivity contribution in [3.63, 3.8) is 0 Å². The molecule has 0 atom stereocenters. The van der Waals surface area contributed by atoms with Crippen LogP contribution in [0.15, 0.2) is 35.8 Å². The molecule has 0 radical (unpaired) electrons.